The zero-order valence-corrected chi connectivity index (χ0v) is 17.7. The van der Waals surface area contributed by atoms with Gasteiger partial charge in [0.15, 0.2) is 18.2 Å². The highest BCUT2D eigenvalue weighted by Gasteiger charge is 2.34. The zero-order chi connectivity index (χ0) is 23.3. The molecule has 0 saturated heterocycles. The lowest BCUT2D eigenvalue weighted by Gasteiger charge is -2.19. The van der Waals surface area contributed by atoms with Crippen molar-refractivity contribution in [3.8, 4) is 22.6 Å². The van der Waals surface area contributed by atoms with Crippen molar-refractivity contribution in [1.29, 1.82) is 0 Å². The number of unbranched alkanes of at least 4 members (excludes halogenated alkanes) is 1. The summed E-state index contributed by atoms with van der Waals surface area (Å²) in [5, 5.41) is 0. The van der Waals surface area contributed by atoms with Crippen LogP contribution in [0.1, 0.15) is 30.9 Å². The average molecular weight is 450 g/mol. The topological polar surface area (TPSA) is 18.5 Å². The van der Waals surface area contributed by atoms with Crippen LogP contribution in [0.2, 0.25) is 0 Å². The van der Waals surface area contributed by atoms with E-state index in [0.717, 1.165) is 43.0 Å². The molecule has 3 aromatic rings. The second-order valence-electron chi connectivity index (χ2n) is 7.48. The molecule has 0 unspecified atom stereocenters. The predicted octanol–water partition coefficient (Wildman–Crippen LogP) is 7.47. The highest BCUT2D eigenvalue weighted by molar-refractivity contribution is 5.65. The quantitative estimate of drug-likeness (QED) is 0.315. The fraction of sp³-hybridized carbons (Fsp3) is 0.280. The van der Waals surface area contributed by atoms with Crippen LogP contribution in [-0.2, 0) is 6.42 Å². The van der Waals surface area contributed by atoms with E-state index in [0.29, 0.717) is 5.56 Å². The molecule has 0 spiro atoms. The van der Waals surface area contributed by atoms with Gasteiger partial charge >= 0.3 is 6.11 Å². The largest absolute Gasteiger partial charge is 0.480 e. The van der Waals surface area contributed by atoms with Crippen molar-refractivity contribution in [2.75, 3.05) is 6.61 Å². The lowest BCUT2D eigenvalue weighted by molar-refractivity contribution is -0.195. The summed E-state index contributed by atoms with van der Waals surface area (Å²) in [4.78, 5) is 0. The molecule has 0 saturated carbocycles. The first-order valence-electron chi connectivity index (χ1n) is 10.2. The molecule has 7 heteroatoms. The van der Waals surface area contributed by atoms with E-state index >= 15 is 0 Å². The van der Waals surface area contributed by atoms with Crippen LogP contribution in [-0.4, -0.2) is 12.7 Å². The molecule has 170 valence electrons. The van der Waals surface area contributed by atoms with Gasteiger partial charge in [-0.15, -0.1) is 0 Å². The van der Waals surface area contributed by atoms with Gasteiger partial charge in [0.1, 0.15) is 11.6 Å². The highest BCUT2D eigenvalue weighted by Crippen LogP contribution is 2.32. The van der Waals surface area contributed by atoms with Gasteiger partial charge in [0.2, 0.25) is 5.82 Å². The van der Waals surface area contributed by atoms with Crippen LogP contribution in [0.3, 0.4) is 0 Å². The lowest BCUT2D eigenvalue weighted by atomic mass is 10.0. The molecule has 0 amide bonds. The van der Waals surface area contributed by atoms with Gasteiger partial charge in [0.25, 0.3) is 0 Å². The summed E-state index contributed by atoms with van der Waals surface area (Å²) >= 11 is 0. The van der Waals surface area contributed by atoms with Gasteiger partial charge in [0.05, 0.1) is 0 Å². The predicted molar refractivity (Wildman–Crippen MR) is 113 cm³/mol. The molecule has 0 heterocycles. The summed E-state index contributed by atoms with van der Waals surface area (Å²) in [6, 6.07) is 12.3. The minimum Gasteiger partial charge on any atom is -0.480 e. The first kappa shape index (κ1) is 23.6. The number of halogens is 5. The van der Waals surface area contributed by atoms with Crippen molar-refractivity contribution in [2.24, 2.45) is 0 Å². The van der Waals surface area contributed by atoms with E-state index in [1.54, 1.807) is 12.1 Å². The van der Waals surface area contributed by atoms with E-state index < -0.39 is 35.9 Å². The van der Waals surface area contributed by atoms with Crippen LogP contribution in [0.4, 0.5) is 22.0 Å². The van der Waals surface area contributed by atoms with Crippen molar-refractivity contribution in [3.05, 3.63) is 83.2 Å². The molecule has 32 heavy (non-hydrogen) atoms. The first-order valence-corrected chi connectivity index (χ1v) is 10.2. The fourth-order valence-electron chi connectivity index (χ4n) is 3.10. The highest BCUT2D eigenvalue weighted by atomic mass is 19.3. The number of hydrogen-bond acceptors (Lipinski definition) is 2. The molecule has 0 atom stereocenters. The standard InChI is InChI=1S/C25H23F5O2/c1-3-4-5-17-7-10-19(11-8-17)32-25(29,30)15-31-22-13-12-20(23(27)24(22)28)18-9-6-16(2)21(26)14-18/h6-14H,3-5,15H2,1-2H3. The molecule has 0 fully saturated rings. The second kappa shape index (κ2) is 10.0. The monoisotopic (exact) mass is 450 g/mol. The summed E-state index contributed by atoms with van der Waals surface area (Å²) in [5.74, 6) is -4.10. The van der Waals surface area contributed by atoms with Crippen molar-refractivity contribution in [1.82, 2.24) is 0 Å². The first-order chi connectivity index (χ1) is 15.2. The number of ether oxygens (including phenoxy) is 2. The van der Waals surface area contributed by atoms with Gasteiger partial charge in [-0.3, -0.25) is 0 Å². The third-order valence-corrected chi connectivity index (χ3v) is 4.93. The summed E-state index contributed by atoms with van der Waals surface area (Å²) in [6.07, 6.45) is -0.920. The van der Waals surface area contributed by atoms with Crippen molar-refractivity contribution in [2.45, 2.75) is 39.2 Å². The molecule has 0 N–H and O–H groups in total. The van der Waals surface area contributed by atoms with Crippen LogP contribution in [0.15, 0.2) is 54.6 Å². The smallest absolute Gasteiger partial charge is 0.432 e. The Bertz CT molecular complexity index is 1060. The van der Waals surface area contributed by atoms with Gasteiger partial charge in [-0.25, -0.2) is 8.78 Å². The summed E-state index contributed by atoms with van der Waals surface area (Å²) in [6.45, 7) is 2.28. The Balaban J connectivity index is 1.67. The van der Waals surface area contributed by atoms with Crippen molar-refractivity contribution in [3.63, 3.8) is 0 Å². The van der Waals surface area contributed by atoms with Crippen molar-refractivity contribution < 1.29 is 31.4 Å². The number of aryl methyl sites for hydroxylation is 2. The second-order valence-corrected chi connectivity index (χ2v) is 7.48. The van der Waals surface area contributed by atoms with Crippen LogP contribution in [0, 0.1) is 24.4 Å². The molecule has 0 aliphatic heterocycles. The molecule has 3 aromatic carbocycles. The molecule has 3 rings (SSSR count). The Hall–Kier alpha value is -3.09. The minimum absolute atomic E-state index is 0.0674. The molecule has 0 bridgehead atoms. The van der Waals surface area contributed by atoms with E-state index in [9.17, 15) is 22.0 Å². The van der Waals surface area contributed by atoms with E-state index in [1.165, 1.54) is 31.2 Å². The maximum absolute atomic E-state index is 14.5. The third-order valence-electron chi connectivity index (χ3n) is 4.93. The SMILES string of the molecule is CCCCc1ccc(OC(F)(F)COc2ccc(-c3ccc(C)c(F)c3)c(F)c2F)cc1. The molecule has 0 radical (unpaired) electrons. The maximum atomic E-state index is 14.5. The van der Waals surface area contributed by atoms with E-state index in [2.05, 4.69) is 11.7 Å². The number of hydrogen-bond donors (Lipinski definition) is 0. The van der Waals surface area contributed by atoms with Crippen LogP contribution >= 0.6 is 0 Å². The van der Waals surface area contributed by atoms with E-state index in [1.807, 2.05) is 0 Å². The molecule has 0 aliphatic rings. The Morgan fingerprint density at radius 3 is 2.25 bits per heavy atom. The van der Waals surface area contributed by atoms with Crippen molar-refractivity contribution >= 4 is 0 Å². The van der Waals surface area contributed by atoms with Gasteiger partial charge in [-0.2, -0.15) is 13.2 Å². The third kappa shape index (κ3) is 5.78. The Morgan fingerprint density at radius 2 is 1.59 bits per heavy atom. The maximum Gasteiger partial charge on any atom is 0.432 e. The molecule has 2 nitrogen and oxygen atoms in total. The van der Waals surface area contributed by atoms with Gasteiger partial charge in [-0.1, -0.05) is 37.6 Å². The normalized spacial score (nSPS) is 11.5. The molecular weight excluding hydrogens is 427 g/mol. The Labute approximate surface area is 183 Å². The van der Waals surface area contributed by atoms with Gasteiger partial charge in [0, 0.05) is 5.56 Å². The Morgan fingerprint density at radius 1 is 0.875 bits per heavy atom. The average Bonchev–Trinajstić information content (AvgIpc) is 2.76. The molecule has 0 aliphatic carbocycles. The van der Waals surface area contributed by atoms with Gasteiger partial charge in [-0.05, 0) is 66.8 Å². The molecular formula is C25H23F5O2. The fourth-order valence-corrected chi connectivity index (χ4v) is 3.10. The van der Waals surface area contributed by atoms with Crippen LogP contribution < -0.4 is 9.47 Å². The number of rotatable bonds is 9. The van der Waals surface area contributed by atoms with E-state index in [-0.39, 0.29) is 16.9 Å². The van der Waals surface area contributed by atoms with E-state index in [4.69, 9.17) is 4.74 Å². The number of benzene rings is 3. The van der Waals surface area contributed by atoms with Crippen LogP contribution in [0.5, 0.6) is 11.5 Å². The summed E-state index contributed by atoms with van der Waals surface area (Å²) in [7, 11) is 0. The lowest BCUT2D eigenvalue weighted by Crippen LogP contribution is -2.32. The van der Waals surface area contributed by atoms with Gasteiger partial charge < -0.3 is 9.47 Å². The number of alkyl halides is 2. The summed E-state index contributed by atoms with van der Waals surface area (Å²) in [5.41, 5.74) is 1.27. The minimum atomic E-state index is -3.77. The van der Waals surface area contributed by atoms with Crippen LogP contribution in [0.25, 0.3) is 11.1 Å². The Kier molecular flexibility index (Phi) is 7.38. The summed E-state index contributed by atoms with van der Waals surface area (Å²) < 4.78 is 80.4. The molecule has 0 aromatic heterocycles. The zero-order valence-electron chi connectivity index (χ0n) is 17.7.